The second-order valence-electron chi connectivity index (χ2n) is 8.81. The molecule has 1 heterocycles. The molecule has 0 atom stereocenters. The molecule has 0 amide bonds. The van der Waals surface area contributed by atoms with Gasteiger partial charge in [0.25, 0.3) is 0 Å². The van der Waals surface area contributed by atoms with Crippen molar-refractivity contribution in [2.45, 2.75) is 63.8 Å². The molecule has 1 aromatic carbocycles. The van der Waals surface area contributed by atoms with Crippen LogP contribution in [0, 0.1) is 11.3 Å². The molecule has 0 N–H and O–H groups in total. The summed E-state index contributed by atoms with van der Waals surface area (Å²) in [7, 11) is 0. The Kier molecular flexibility index (Phi) is 3.84. The fraction of sp³-hybridized carbons (Fsp3) is 0.667. The van der Waals surface area contributed by atoms with Gasteiger partial charge in [0.1, 0.15) is 6.07 Å². The average Bonchev–Trinajstić information content (AvgIpc) is 3.45. The lowest BCUT2D eigenvalue weighted by molar-refractivity contribution is 0.128. The van der Waals surface area contributed by atoms with Gasteiger partial charge in [-0.15, -0.1) is 0 Å². The average molecular weight is 323 g/mol. The smallest absolute Gasteiger partial charge is 0.102 e. The van der Waals surface area contributed by atoms with Crippen LogP contribution in [0.25, 0.3) is 0 Å². The molecule has 0 spiro atoms. The molecule has 3 fully saturated rings. The van der Waals surface area contributed by atoms with Crippen molar-refractivity contribution in [1.29, 1.82) is 5.26 Å². The van der Waals surface area contributed by atoms with Gasteiger partial charge in [-0.25, -0.2) is 0 Å². The summed E-state index contributed by atoms with van der Waals surface area (Å²) < 4.78 is 0. The highest BCUT2D eigenvalue weighted by atomic mass is 15.3. The summed E-state index contributed by atoms with van der Waals surface area (Å²) in [6.45, 7) is 11.1. The Labute approximate surface area is 146 Å². The van der Waals surface area contributed by atoms with E-state index in [1.807, 2.05) is 0 Å². The van der Waals surface area contributed by atoms with E-state index in [4.69, 9.17) is 0 Å². The monoisotopic (exact) mass is 323 g/mol. The van der Waals surface area contributed by atoms with E-state index in [-0.39, 0.29) is 5.54 Å². The number of rotatable bonds is 3. The quantitative estimate of drug-likeness (QED) is 0.834. The summed E-state index contributed by atoms with van der Waals surface area (Å²) in [6, 6.07) is 7.26. The zero-order valence-electron chi connectivity index (χ0n) is 15.3. The SMILES string of the molecule is CC(C)(C)N1CCN(c2cc(C3CC3)cc(C3CC3)c2C#N)CC1. The lowest BCUT2D eigenvalue weighted by atomic mass is 9.95. The number of hydrogen-bond acceptors (Lipinski definition) is 3. The second-order valence-corrected chi connectivity index (χ2v) is 8.81. The summed E-state index contributed by atoms with van der Waals surface area (Å²) >= 11 is 0. The van der Waals surface area contributed by atoms with E-state index in [0.717, 1.165) is 37.7 Å². The molecule has 3 nitrogen and oxygen atoms in total. The Hall–Kier alpha value is -1.53. The predicted molar refractivity (Wildman–Crippen MR) is 98.6 cm³/mol. The van der Waals surface area contributed by atoms with Crippen molar-refractivity contribution in [1.82, 2.24) is 4.90 Å². The first-order valence-electron chi connectivity index (χ1n) is 9.55. The molecule has 1 aliphatic heterocycles. The molecule has 0 unspecified atom stereocenters. The second kappa shape index (κ2) is 5.77. The van der Waals surface area contributed by atoms with Gasteiger partial charge in [-0.2, -0.15) is 5.26 Å². The van der Waals surface area contributed by atoms with Gasteiger partial charge < -0.3 is 4.90 Å². The van der Waals surface area contributed by atoms with Gasteiger partial charge in [-0.3, -0.25) is 4.90 Å². The fourth-order valence-corrected chi connectivity index (χ4v) is 4.03. The van der Waals surface area contributed by atoms with Crippen LogP contribution in [0.4, 0.5) is 5.69 Å². The molecule has 1 aromatic rings. The zero-order valence-corrected chi connectivity index (χ0v) is 15.3. The molecule has 0 aromatic heterocycles. The Balaban J connectivity index is 1.64. The van der Waals surface area contributed by atoms with E-state index >= 15 is 0 Å². The van der Waals surface area contributed by atoms with Crippen LogP contribution in [-0.2, 0) is 0 Å². The Bertz CT molecular complexity index is 664. The van der Waals surface area contributed by atoms with Crippen LogP contribution in [0.15, 0.2) is 12.1 Å². The predicted octanol–water partition coefficient (Wildman–Crippen LogP) is 4.23. The van der Waals surface area contributed by atoms with Gasteiger partial charge in [-0.05, 0) is 75.5 Å². The first-order chi connectivity index (χ1) is 11.5. The molecule has 4 rings (SSSR count). The van der Waals surface area contributed by atoms with E-state index in [1.54, 1.807) is 0 Å². The first-order valence-corrected chi connectivity index (χ1v) is 9.55. The van der Waals surface area contributed by atoms with Gasteiger partial charge in [-0.1, -0.05) is 6.07 Å². The standard InChI is InChI=1S/C21H29N3/c1-21(2,3)24-10-8-23(9-11-24)20-13-17(15-4-5-15)12-18(16-6-7-16)19(20)14-22/h12-13,15-16H,4-11H2,1-3H3. The largest absolute Gasteiger partial charge is 0.368 e. The molecule has 3 heteroatoms. The normalized spacial score (nSPS) is 22.5. The maximum absolute atomic E-state index is 9.85. The highest BCUT2D eigenvalue weighted by Gasteiger charge is 2.33. The van der Waals surface area contributed by atoms with Crippen molar-refractivity contribution in [2.75, 3.05) is 31.1 Å². The molecule has 128 valence electrons. The summed E-state index contributed by atoms with van der Waals surface area (Å²) in [5, 5.41) is 9.85. The van der Waals surface area contributed by atoms with Crippen molar-refractivity contribution in [2.24, 2.45) is 0 Å². The van der Waals surface area contributed by atoms with E-state index in [2.05, 4.69) is 48.8 Å². The number of hydrogen-bond donors (Lipinski definition) is 0. The van der Waals surface area contributed by atoms with Gasteiger partial charge >= 0.3 is 0 Å². The lowest BCUT2D eigenvalue weighted by Gasteiger charge is -2.43. The fourth-order valence-electron chi connectivity index (χ4n) is 4.03. The number of nitriles is 1. The minimum absolute atomic E-state index is 0.235. The highest BCUT2D eigenvalue weighted by Crippen LogP contribution is 2.48. The highest BCUT2D eigenvalue weighted by molar-refractivity contribution is 5.66. The van der Waals surface area contributed by atoms with Crippen molar-refractivity contribution in [3.05, 3.63) is 28.8 Å². The van der Waals surface area contributed by atoms with Gasteiger partial charge in [0.05, 0.1) is 11.3 Å². The third kappa shape index (κ3) is 3.05. The molecule has 0 radical (unpaired) electrons. The third-order valence-electron chi connectivity index (χ3n) is 5.92. The molecule has 2 saturated carbocycles. The van der Waals surface area contributed by atoms with Crippen LogP contribution in [-0.4, -0.2) is 36.6 Å². The third-order valence-corrected chi connectivity index (χ3v) is 5.92. The molecular formula is C21H29N3. The van der Waals surface area contributed by atoms with Gasteiger partial charge in [0.15, 0.2) is 0 Å². The van der Waals surface area contributed by atoms with E-state index < -0.39 is 0 Å². The molecular weight excluding hydrogens is 294 g/mol. The molecule has 3 aliphatic rings. The molecule has 0 bridgehead atoms. The number of anilines is 1. The summed E-state index contributed by atoms with van der Waals surface area (Å²) in [5.74, 6) is 1.40. The van der Waals surface area contributed by atoms with E-state index in [9.17, 15) is 5.26 Å². The minimum atomic E-state index is 0.235. The van der Waals surface area contributed by atoms with Crippen LogP contribution < -0.4 is 4.90 Å². The molecule has 2 aliphatic carbocycles. The van der Waals surface area contributed by atoms with Crippen LogP contribution in [0.3, 0.4) is 0 Å². The van der Waals surface area contributed by atoms with Crippen molar-refractivity contribution in [3.8, 4) is 6.07 Å². The van der Waals surface area contributed by atoms with E-state index in [0.29, 0.717) is 5.92 Å². The summed E-state index contributed by atoms with van der Waals surface area (Å²) in [4.78, 5) is 5.03. The number of benzene rings is 1. The summed E-state index contributed by atoms with van der Waals surface area (Å²) in [6.07, 6.45) is 5.18. The van der Waals surface area contributed by atoms with Crippen LogP contribution in [0.2, 0.25) is 0 Å². The van der Waals surface area contributed by atoms with Crippen molar-refractivity contribution in [3.63, 3.8) is 0 Å². The molecule has 24 heavy (non-hydrogen) atoms. The minimum Gasteiger partial charge on any atom is -0.368 e. The van der Waals surface area contributed by atoms with Gasteiger partial charge in [0, 0.05) is 31.7 Å². The zero-order chi connectivity index (χ0) is 16.9. The topological polar surface area (TPSA) is 30.3 Å². The Morgan fingerprint density at radius 3 is 2.08 bits per heavy atom. The van der Waals surface area contributed by atoms with Crippen LogP contribution >= 0.6 is 0 Å². The lowest BCUT2D eigenvalue weighted by Crippen LogP contribution is -2.53. The van der Waals surface area contributed by atoms with Crippen LogP contribution in [0.5, 0.6) is 0 Å². The first kappa shape index (κ1) is 16.0. The van der Waals surface area contributed by atoms with Crippen molar-refractivity contribution >= 4 is 5.69 Å². The van der Waals surface area contributed by atoms with Gasteiger partial charge in [0.2, 0.25) is 0 Å². The molecule has 1 saturated heterocycles. The van der Waals surface area contributed by atoms with Crippen LogP contribution in [0.1, 0.15) is 75.0 Å². The van der Waals surface area contributed by atoms with Crippen molar-refractivity contribution < 1.29 is 0 Å². The Morgan fingerprint density at radius 2 is 1.58 bits per heavy atom. The maximum atomic E-state index is 9.85. The number of nitrogens with zero attached hydrogens (tertiary/aromatic N) is 3. The Morgan fingerprint density at radius 1 is 0.958 bits per heavy atom. The number of piperazine rings is 1. The summed E-state index contributed by atoms with van der Waals surface area (Å²) in [5.41, 5.74) is 5.25. The maximum Gasteiger partial charge on any atom is 0.102 e. The van der Waals surface area contributed by atoms with E-state index in [1.165, 1.54) is 42.5 Å².